The fourth-order valence-electron chi connectivity index (χ4n) is 10.0. The number of imide groups is 1. The maximum absolute atomic E-state index is 15.6. The third-order valence-electron chi connectivity index (χ3n) is 13.8. The number of nitrogens with one attached hydrogen (secondary N) is 3. The number of piperazine rings is 1. The van der Waals surface area contributed by atoms with Gasteiger partial charge in [-0.15, -0.1) is 0 Å². The van der Waals surface area contributed by atoms with E-state index in [1.165, 1.54) is 30.3 Å². The Hall–Kier alpha value is -5.31. The number of fused-ring (bicyclic) bond motifs is 1. The smallest absolute Gasteiger partial charge is 0.230 e. The first-order chi connectivity index (χ1) is 31.7. The number of carbonyl (C=O) groups excluding carboxylic acids is 2. The first kappa shape index (κ1) is 47.2. The lowest BCUT2D eigenvalue weighted by Gasteiger charge is -2.44. The Kier molecular flexibility index (Phi) is 14.2. The standard InChI is InChI=1S/C49H63F2N10O4P/c1-7-32-28-38(56-48-52-18-14-44(57-48)55-37-12-11-36-34(46(37)66(5,6)64)30-53-43(8-2)54-36)40(65-9-3)29-39(32)61-20-16-33(17-21-61)60-24-22-59(23-25-60)19-15-31-26-41(50)49(4,42(51)27-31)35-10-13-45(62)58-47(35)63/h11-12,14,18,26-30,33,35,41H,7-10,13,15-17,19-25H2,1-6H3,(H,58,62,63)(H2,52,55,56,57)/t35-,41?,49?/m0/s1. The van der Waals surface area contributed by atoms with Crippen molar-refractivity contribution in [1.29, 1.82) is 0 Å². The quantitative estimate of drug-likeness (QED) is 0.0783. The second kappa shape index (κ2) is 19.9. The Morgan fingerprint density at radius 3 is 2.39 bits per heavy atom. The first-order valence-corrected chi connectivity index (χ1v) is 26.1. The number of allylic oxidation sites excluding steroid dienone is 3. The molecule has 8 rings (SSSR count). The third kappa shape index (κ3) is 10.0. The molecule has 1 aliphatic carbocycles. The number of halogens is 2. The van der Waals surface area contributed by atoms with Gasteiger partial charge in [0.05, 0.1) is 34.8 Å². The molecule has 3 fully saturated rings. The van der Waals surface area contributed by atoms with Gasteiger partial charge in [0, 0.05) is 99.5 Å². The number of aryl methyl sites for hydroxylation is 2. The number of piperidine rings is 2. The molecule has 3 saturated heterocycles. The third-order valence-corrected chi connectivity index (χ3v) is 15.4. The van der Waals surface area contributed by atoms with Crippen LogP contribution in [0.5, 0.6) is 5.75 Å². The van der Waals surface area contributed by atoms with Crippen molar-refractivity contribution in [2.75, 3.05) is 81.3 Å². The van der Waals surface area contributed by atoms with E-state index in [4.69, 9.17) is 9.72 Å². The molecule has 17 heteroatoms. The van der Waals surface area contributed by atoms with Gasteiger partial charge in [0.2, 0.25) is 17.8 Å². The predicted octanol–water partition coefficient (Wildman–Crippen LogP) is 7.85. The van der Waals surface area contributed by atoms with Gasteiger partial charge in [-0.2, -0.15) is 4.98 Å². The molecule has 0 radical (unpaired) electrons. The van der Waals surface area contributed by atoms with Gasteiger partial charge in [0.15, 0.2) is 0 Å². The highest BCUT2D eigenvalue weighted by Crippen LogP contribution is 2.48. The molecule has 2 aromatic carbocycles. The highest BCUT2D eigenvalue weighted by Gasteiger charge is 2.51. The number of nitrogens with zero attached hydrogens (tertiary/aromatic N) is 7. The van der Waals surface area contributed by atoms with Crippen LogP contribution in [0.2, 0.25) is 0 Å². The molecule has 2 aromatic heterocycles. The fraction of sp³-hybridized carbons (Fsp3) is 0.510. The maximum atomic E-state index is 15.6. The number of anilines is 5. The highest BCUT2D eigenvalue weighted by atomic mass is 31.2. The lowest BCUT2D eigenvalue weighted by molar-refractivity contribution is -0.140. The van der Waals surface area contributed by atoms with E-state index in [0.717, 1.165) is 86.7 Å². The first-order valence-electron chi connectivity index (χ1n) is 23.5. The second-order valence-corrected chi connectivity index (χ2v) is 21.6. The fourth-order valence-corrected chi connectivity index (χ4v) is 11.5. The summed E-state index contributed by atoms with van der Waals surface area (Å²) in [5, 5.41) is 10.5. The monoisotopic (exact) mass is 924 g/mol. The number of hydrogen-bond donors (Lipinski definition) is 3. The van der Waals surface area contributed by atoms with Gasteiger partial charge in [0.1, 0.15) is 36.5 Å². The number of hydrogen-bond acceptors (Lipinski definition) is 13. The Balaban J connectivity index is 0.866. The number of amides is 2. The van der Waals surface area contributed by atoms with Gasteiger partial charge < -0.3 is 29.7 Å². The van der Waals surface area contributed by atoms with Crippen molar-refractivity contribution in [3.63, 3.8) is 0 Å². The molecular formula is C49H63F2N10O4P. The van der Waals surface area contributed by atoms with Crippen molar-refractivity contribution in [3.8, 4) is 5.75 Å². The largest absolute Gasteiger partial charge is 0.492 e. The summed E-state index contributed by atoms with van der Waals surface area (Å²) in [5.41, 5.74) is 3.59. The molecule has 66 heavy (non-hydrogen) atoms. The average molecular weight is 925 g/mol. The second-order valence-electron chi connectivity index (χ2n) is 18.4. The number of carbonyl (C=O) groups is 2. The summed E-state index contributed by atoms with van der Waals surface area (Å²) in [4.78, 5) is 50.1. The summed E-state index contributed by atoms with van der Waals surface area (Å²) in [6.45, 7) is 17.8. The number of rotatable bonds is 15. The van der Waals surface area contributed by atoms with Crippen LogP contribution in [0.15, 0.2) is 66.3 Å². The molecule has 352 valence electrons. The van der Waals surface area contributed by atoms with Crippen molar-refractivity contribution in [2.24, 2.45) is 11.3 Å². The van der Waals surface area contributed by atoms with Crippen molar-refractivity contribution in [2.45, 2.75) is 84.9 Å². The van der Waals surface area contributed by atoms with Crippen LogP contribution in [0.3, 0.4) is 0 Å². The zero-order chi connectivity index (χ0) is 46.8. The van der Waals surface area contributed by atoms with Crippen LogP contribution in [0.25, 0.3) is 10.9 Å². The SMILES string of the molecule is CCOc1cc(N2CCC(N3CCN(CCC4=CC(F)C(C)([C@H]5CCC(=O)NC5=O)C(F)=C4)CC3)CC2)c(CC)cc1Nc1nccc(Nc2ccc3nc(CC)ncc3c2P(C)(C)=O)n1. The number of benzene rings is 2. The number of ether oxygens (including phenoxy) is 1. The maximum Gasteiger partial charge on any atom is 0.230 e. The van der Waals surface area contributed by atoms with E-state index in [1.54, 1.807) is 31.8 Å². The summed E-state index contributed by atoms with van der Waals surface area (Å²) in [7, 11) is -2.76. The van der Waals surface area contributed by atoms with Crippen LogP contribution < -0.4 is 30.9 Å². The predicted molar refractivity (Wildman–Crippen MR) is 258 cm³/mol. The van der Waals surface area contributed by atoms with Gasteiger partial charge in [-0.05, 0) is 107 Å². The minimum atomic E-state index is -2.76. The van der Waals surface area contributed by atoms with E-state index < -0.39 is 42.3 Å². The molecule has 5 heterocycles. The van der Waals surface area contributed by atoms with E-state index in [1.807, 2.05) is 26.0 Å². The van der Waals surface area contributed by atoms with Crippen molar-refractivity contribution < 1.29 is 27.7 Å². The molecule has 0 saturated carbocycles. The van der Waals surface area contributed by atoms with Crippen molar-refractivity contribution in [3.05, 3.63) is 77.7 Å². The average Bonchev–Trinajstić information content (AvgIpc) is 3.30. The minimum absolute atomic E-state index is 0.0841. The van der Waals surface area contributed by atoms with Crippen LogP contribution in [-0.4, -0.2) is 120 Å². The van der Waals surface area contributed by atoms with Crippen LogP contribution in [0, 0.1) is 11.3 Å². The van der Waals surface area contributed by atoms with Crippen LogP contribution >= 0.6 is 7.14 Å². The normalized spacial score (nSPS) is 22.5. The number of alkyl halides is 1. The Morgan fingerprint density at radius 2 is 1.71 bits per heavy atom. The lowest BCUT2D eigenvalue weighted by atomic mass is 9.66. The molecule has 3 atom stereocenters. The molecule has 14 nitrogen and oxygen atoms in total. The zero-order valence-corrected chi connectivity index (χ0v) is 39.9. The molecule has 4 aliphatic rings. The van der Waals surface area contributed by atoms with Crippen LogP contribution in [0.1, 0.15) is 71.2 Å². The molecule has 3 N–H and O–H groups in total. The van der Waals surface area contributed by atoms with E-state index in [0.29, 0.717) is 60.4 Å². The Labute approximate surface area is 386 Å². The summed E-state index contributed by atoms with van der Waals surface area (Å²) in [6.07, 6.45) is 9.04. The van der Waals surface area contributed by atoms with Crippen LogP contribution in [-0.2, 0) is 27.0 Å². The van der Waals surface area contributed by atoms with Gasteiger partial charge in [-0.3, -0.25) is 19.8 Å². The van der Waals surface area contributed by atoms with Gasteiger partial charge >= 0.3 is 0 Å². The van der Waals surface area contributed by atoms with E-state index >= 15 is 8.78 Å². The molecule has 2 unspecified atom stereocenters. The Bertz CT molecular complexity index is 2570. The molecule has 3 aliphatic heterocycles. The molecule has 4 aromatic rings. The molecule has 0 spiro atoms. The topological polar surface area (TPSA) is 158 Å². The van der Waals surface area contributed by atoms with Gasteiger partial charge in [0.25, 0.3) is 0 Å². The lowest BCUT2D eigenvalue weighted by Crippen LogP contribution is -2.53. The van der Waals surface area contributed by atoms with Gasteiger partial charge in [-0.1, -0.05) is 13.8 Å². The van der Waals surface area contributed by atoms with Crippen molar-refractivity contribution >= 4 is 64.0 Å². The Morgan fingerprint density at radius 1 is 0.939 bits per heavy atom. The molecule has 0 bridgehead atoms. The summed E-state index contributed by atoms with van der Waals surface area (Å²) >= 11 is 0. The highest BCUT2D eigenvalue weighted by molar-refractivity contribution is 7.71. The van der Waals surface area contributed by atoms with E-state index in [2.05, 4.69) is 64.7 Å². The molecular weight excluding hydrogens is 862 g/mol. The van der Waals surface area contributed by atoms with Gasteiger partial charge in [-0.25, -0.2) is 23.7 Å². The van der Waals surface area contributed by atoms with Crippen LogP contribution in [0.4, 0.5) is 37.6 Å². The summed E-state index contributed by atoms with van der Waals surface area (Å²) < 4.78 is 51.1. The molecule has 2 amide bonds. The van der Waals surface area contributed by atoms with E-state index in [9.17, 15) is 14.2 Å². The number of aromatic nitrogens is 4. The van der Waals surface area contributed by atoms with Crippen molar-refractivity contribution in [1.82, 2.24) is 35.1 Å². The zero-order valence-electron chi connectivity index (χ0n) is 39.0. The van der Waals surface area contributed by atoms with E-state index in [-0.39, 0.29) is 12.8 Å². The summed E-state index contributed by atoms with van der Waals surface area (Å²) in [6, 6.07) is 10.4. The summed E-state index contributed by atoms with van der Waals surface area (Å²) in [5.74, 6) is -0.157. The minimum Gasteiger partial charge on any atom is -0.492 e.